The van der Waals surface area contributed by atoms with Gasteiger partial charge in [0.05, 0.1) is 28.1 Å². The maximum absolute atomic E-state index is 14.6. The second-order valence-corrected chi connectivity index (χ2v) is 11.6. The highest BCUT2D eigenvalue weighted by Crippen LogP contribution is 2.61. The van der Waals surface area contributed by atoms with E-state index in [0.717, 1.165) is 12.0 Å². The number of hydrogen-bond donors (Lipinski definition) is 1. The number of aromatic nitrogens is 7. The maximum Gasteiger partial charge on any atom is 0.282 e. The predicted molar refractivity (Wildman–Crippen MR) is 134 cm³/mol. The fraction of sp³-hybridized carbons (Fsp3) is 0.360. The van der Waals surface area contributed by atoms with Crippen LogP contribution in [0.25, 0.3) is 17.2 Å². The Morgan fingerprint density at radius 1 is 1.08 bits per heavy atom. The Labute approximate surface area is 218 Å². The lowest BCUT2D eigenvalue weighted by atomic mass is 9.62. The van der Waals surface area contributed by atoms with E-state index in [4.69, 9.17) is 4.98 Å². The van der Waals surface area contributed by atoms with Crippen LogP contribution in [0.1, 0.15) is 57.0 Å². The molecule has 13 heteroatoms. The van der Waals surface area contributed by atoms with Crippen molar-refractivity contribution < 1.29 is 17.2 Å². The molecule has 0 saturated heterocycles. The van der Waals surface area contributed by atoms with Crippen molar-refractivity contribution in [3.63, 3.8) is 0 Å². The van der Waals surface area contributed by atoms with Gasteiger partial charge in [0, 0.05) is 6.20 Å². The zero-order chi connectivity index (χ0) is 27.5. The minimum atomic E-state index is -3.85. The molecule has 4 aromatic rings. The van der Waals surface area contributed by atoms with Crippen molar-refractivity contribution in [3.05, 3.63) is 71.4 Å². The molecule has 0 bridgehead atoms. The van der Waals surface area contributed by atoms with E-state index in [9.17, 15) is 17.2 Å². The summed E-state index contributed by atoms with van der Waals surface area (Å²) in [6, 6.07) is 7.18. The number of nitrogens with zero attached hydrogens (tertiary/aromatic N) is 7. The Hall–Kier alpha value is -3.71. The Kier molecular flexibility index (Phi) is 6.10. The minimum Gasteiger partial charge on any atom is -0.220 e. The van der Waals surface area contributed by atoms with E-state index >= 15 is 0 Å². The smallest absolute Gasteiger partial charge is 0.220 e. The minimum absolute atomic E-state index is 0.0243. The zero-order valence-corrected chi connectivity index (χ0v) is 22.3. The highest BCUT2D eigenvalue weighted by atomic mass is 32.2. The van der Waals surface area contributed by atoms with Crippen LogP contribution in [0.15, 0.2) is 48.0 Å². The van der Waals surface area contributed by atoms with Crippen LogP contribution in [0.5, 0.6) is 0 Å². The summed E-state index contributed by atoms with van der Waals surface area (Å²) in [6.45, 7) is 8.25. The standard InChI is InChI=1S/C25H26F2N8O2S/c1-6-15-14-12-18(20-16(26)8-7-9-17(20)27)32-33-21(14)25(4,24(15,2)3)19-10-11-29-22(31-19)35-13-30-23(34-35)38(36,37)28-5/h7-13,15,28H,6H2,1-5H3/t15-,25-/m0/s1. The molecule has 2 atom stereocenters. The number of nitrogens with one attached hydrogen (secondary N) is 1. The van der Waals surface area contributed by atoms with E-state index in [0.29, 0.717) is 11.4 Å². The number of sulfonamides is 1. The summed E-state index contributed by atoms with van der Waals surface area (Å²) in [7, 11) is -2.58. The molecule has 1 aliphatic rings. The molecule has 10 nitrogen and oxygen atoms in total. The van der Waals surface area contributed by atoms with Gasteiger partial charge in [-0.3, -0.25) is 0 Å². The van der Waals surface area contributed by atoms with Gasteiger partial charge >= 0.3 is 0 Å². The number of halogens is 2. The van der Waals surface area contributed by atoms with Gasteiger partial charge in [0.2, 0.25) is 0 Å². The van der Waals surface area contributed by atoms with Gasteiger partial charge in [-0.05, 0) is 61.6 Å². The highest BCUT2D eigenvalue weighted by Gasteiger charge is 2.57. The zero-order valence-electron chi connectivity index (χ0n) is 21.4. The first-order chi connectivity index (χ1) is 18.0. The molecular formula is C25H26F2N8O2S. The van der Waals surface area contributed by atoms with E-state index in [1.807, 2.05) is 6.92 Å². The van der Waals surface area contributed by atoms with E-state index < -0.39 is 37.6 Å². The molecule has 3 heterocycles. The van der Waals surface area contributed by atoms with Gasteiger partial charge < -0.3 is 0 Å². The lowest BCUT2D eigenvalue weighted by Gasteiger charge is -2.41. The fourth-order valence-corrected chi connectivity index (χ4v) is 6.01. The molecule has 0 aliphatic heterocycles. The second kappa shape index (κ2) is 8.95. The van der Waals surface area contributed by atoms with Gasteiger partial charge in [-0.25, -0.2) is 36.9 Å². The van der Waals surface area contributed by atoms with Gasteiger partial charge in [0.1, 0.15) is 18.0 Å². The van der Waals surface area contributed by atoms with Gasteiger partial charge in [-0.15, -0.1) is 10.2 Å². The third kappa shape index (κ3) is 3.71. The number of benzene rings is 1. The van der Waals surface area contributed by atoms with E-state index in [1.54, 1.807) is 18.3 Å². The van der Waals surface area contributed by atoms with Crippen LogP contribution in [0.2, 0.25) is 0 Å². The van der Waals surface area contributed by atoms with Crippen molar-refractivity contribution in [2.45, 2.75) is 50.6 Å². The van der Waals surface area contributed by atoms with Crippen molar-refractivity contribution in [2.75, 3.05) is 7.05 Å². The van der Waals surface area contributed by atoms with Gasteiger partial charge in [0.25, 0.3) is 21.1 Å². The first kappa shape index (κ1) is 25.9. The topological polar surface area (TPSA) is 128 Å². The molecule has 0 fully saturated rings. The highest BCUT2D eigenvalue weighted by molar-refractivity contribution is 7.89. The van der Waals surface area contributed by atoms with Gasteiger partial charge in [-0.2, -0.15) is 9.78 Å². The normalized spacial score (nSPS) is 20.4. The maximum atomic E-state index is 14.6. The van der Waals surface area contributed by atoms with Crippen LogP contribution in [-0.4, -0.2) is 50.4 Å². The molecule has 198 valence electrons. The van der Waals surface area contributed by atoms with E-state index in [-0.39, 0.29) is 23.1 Å². The molecule has 0 unspecified atom stereocenters. The first-order valence-electron chi connectivity index (χ1n) is 12.0. The number of fused-ring (bicyclic) bond motifs is 1. The van der Waals surface area contributed by atoms with Crippen molar-refractivity contribution in [2.24, 2.45) is 5.41 Å². The SMILES string of the molecule is CC[C@H]1c2cc(-c3c(F)cccc3F)nnc2[C@](C)(c2ccnc(-n3cnc(S(=O)(=O)NC)n3)n2)C1(C)C. The third-order valence-electron chi connectivity index (χ3n) is 7.80. The Bertz CT molecular complexity index is 1640. The van der Waals surface area contributed by atoms with Gasteiger partial charge in [-0.1, -0.05) is 26.8 Å². The summed E-state index contributed by atoms with van der Waals surface area (Å²) in [4.78, 5) is 12.9. The largest absolute Gasteiger partial charge is 0.282 e. The van der Waals surface area contributed by atoms with Crippen molar-refractivity contribution >= 4 is 10.0 Å². The van der Waals surface area contributed by atoms with Crippen molar-refractivity contribution in [1.29, 1.82) is 0 Å². The summed E-state index contributed by atoms with van der Waals surface area (Å²) in [6.07, 6.45) is 3.53. The Balaban J connectivity index is 1.65. The van der Waals surface area contributed by atoms with Crippen LogP contribution >= 0.6 is 0 Å². The fourth-order valence-electron chi connectivity index (χ4n) is 5.45. The van der Waals surface area contributed by atoms with Gasteiger partial charge in [0.15, 0.2) is 0 Å². The second-order valence-electron chi connectivity index (χ2n) is 9.86. The van der Waals surface area contributed by atoms with Crippen molar-refractivity contribution in [1.82, 2.24) is 39.7 Å². The predicted octanol–water partition coefficient (Wildman–Crippen LogP) is 3.54. The summed E-state index contributed by atoms with van der Waals surface area (Å²) in [5.41, 5.74) is 0.791. The summed E-state index contributed by atoms with van der Waals surface area (Å²) in [5, 5.41) is 12.4. The van der Waals surface area contributed by atoms with E-state index in [1.165, 1.54) is 36.3 Å². The average Bonchev–Trinajstić information content (AvgIpc) is 3.45. The van der Waals surface area contributed by atoms with Crippen LogP contribution in [0.4, 0.5) is 8.78 Å². The quantitative estimate of drug-likeness (QED) is 0.393. The molecule has 1 N–H and O–H groups in total. The summed E-state index contributed by atoms with van der Waals surface area (Å²) < 4.78 is 56.6. The summed E-state index contributed by atoms with van der Waals surface area (Å²) in [5.74, 6) is -1.31. The van der Waals surface area contributed by atoms with Crippen LogP contribution in [0.3, 0.4) is 0 Å². The molecule has 1 aromatic carbocycles. The third-order valence-corrected chi connectivity index (χ3v) is 9.00. The van der Waals surface area contributed by atoms with Crippen LogP contribution in [-0.2, 0) is 15.4 Å². The average molecular weight is 541 g/mol. The first-order valence-corrected chi connectivity index (χ1v) is 13.5. The Morgan fingerprint density at radius 3 is 2.45 bits per heavy atom. The molecule has 1 aliphatic carbocycles. The number of hydrogen-bond acceptors (Lipinski definition) is 8. The molecular weight excluding hydrogens is 514 g/mol. The molecule has 0 spiro atoms. The molecule has 38 heavy (non-hydrogen) atoms. The van der Waals surface area contributed by atoms with Crippen LogP contribution in [0, 0.1) is 17.0 Å². The lowest BCUT2D eigenvalue weighted by molar-refractivity contribution is 0.189. The monoisotopic (exact) mass is 540 g/mol. The van der Waals surface area contributed by atoms with Crippen molar-refractivity contribution in [3.8, 4) is 17.2 Å². The molecule has 3 aromatic heterocycles. The molecule has 0 saturated carbocycles. The van der Waals surface area contributed by atoms with Crippen LogP contribution < -0.4 is 4.72 Å². The van der Waals surface area contributed by atoms with E-state index in [2.05, 4.69) is 50.8 Å². The molecule has 5 rings (SSSR count). The Morgan fingerprint density at radius 2 is 1.79 bits per heavy atom. The molecule has 0 radical (unpaired) electrons. The summed E-state index contributed by atoms with van der Waals surface area (Å²) >= 11 is 0. The lowest BCUT2D eigenvalue weighted by Crippen LogP contribution is -2.40. The number of rotatable bonds is 6. The molecule has 0 amide bonds.